The number of carboxylic acids is 1. The third-order valence-electron chi connectivity index (χ3n) is 3.20. The molecule has 0 aliphatic heterocycles. The van der Waals surface area contributed by atoms with Crippen molar-refractivity contribution in [3.05, 3.63) is 23.8 Å². The molecule has 0 heterocycles. The van der Waals surface area contributed by atoms with Crippen molar-refractivity contribution >= 4 is 11.9 Å². The number of benzene rings is 1. The minimum absolute atomic E-state index is 0.164. The van der Waals surface area contributed by atoms with E-state index in [-0.39, 0.29) is 24.2 Å². The SMILES string of the molecule is COc1ccc(C(=O)NC(CCOC(C)(C)C)C(=O)O)c(OC)c1. The van der Waals surface area contributed by atoms with Crippen molar-refractivity contribution < 1.29 is 28.9 Å². The lowest BCUT2D eigenvalue weighted by molar-refractivity contribution is -0.140. The molecule has 1 aromatic carbocycles. The van der Waals surface area contributed by atoms with E-state index in [9.17, 15) is 14.7 Å². The van der Waals surface area contributed by atoms with Gasteiger partial charge in [-0.25, -0.2) is 4.79 Å². The van der Waals surface area contributed by atoms with Gasteiger partial charge in [0.1, 0.15) is 17.5 Å². The van der Waals surface area contributed by atoms with Gasteiger partial charge < -0.3 is 24.6 Å². The van der Waals surface area contributed by atoms with E-state index in [1.54, 1.807) is 12.1 Å². The van der Waals surface area contributed by atoms with Gasteiger partial charge in [0.15, 0.2) is 0 Å². The lowest BCUT2D eigenvalue weighted by atomic mass is 10.1. The summed E-state index contributed by atoms with van der Waals surface area (Å²) >= 11 is 0. The largest absolute Gasteiger partial charge is 0.497 e. The number of hydrogen-bond donors (Lipinski definition) is 2. The molecular formula is C17H25NO6. The quantitative estimate of drug-likeness (QED) is 0.753. The number of ether oxygens (including phenoxy) is 3. The van der Waals surface area contributed by atoms with Crippen molar-refractivity contribution in [1.82, 2.24) is 5.32 Å². The molecule has 0 aromatic heterocycles. The summed E-state index contributed by atoms with van der Waals surface area (Å²) in [4.78, 5) is 23.7. The standard InChI is InChI=1S/C17H25NO6/c1-17(2,3)24-9-8-13(16(20)21)18-15(19)12-7-6-11(22-4)10-14(12)23-5/h6-7,10,13H,8-9H2,1-5H3,(H,18,19)(H,20,21). The first-order valence-corrected chi connectivity index (χ1v) is 7.57. The first-order chi connectivity index (χ1) is 11.2. The number of carboxylic acid groups (broad SMARTS) is 1. The van der Waals surface area contributed by atoms with Gasteiger partial charge in [0, 0.05) is 19.1 Å². The van der Waals surface area contributed by atoms with Crippen LogP contribution in [-0.2, 0) is 9.53 Å². The van der Waals surface area contributed by atoms with Crippen LogP contribution in [0.4, 0.5) is 0 Å². The molecule has 1 atom stereocenters. The van der Waals surface area contributed by atoms with Crippen molar-refractivity contribution in [3.8, 4) is 11.5 Å². The first kappa shape index (κ1) is 19.8. The molecule has 134 valence electrons. The third-order valence-corrected chi connectivity index (χ3v) is 3.20. The summed E-state index contributed by atoms with van der Waals surface area (Å²) in [6.07, 6.45) is 0.164. The van der Waals surface area contributed by atoms with Crippen LogP contribution < -0.4 is 14.8 Å². The molecule has 0 aliphatic carbocycles. The van der Waals surface area contributed by atoms with Crippen molar-refractivity contribution in [1.29, 1.82) is 0 Å². The van der Waals surface area contributed by atoms with E-state index in [0.717, 1.165) is 0 Å². The Morgan fingerprint density at radius 2 is 1.88 bits per heavy atom. The second-order valence-electron chi connectivity index (χ2n) is 6.18. The van der Waals surface area contributed by atoms with Crippen LogP contribution in [0.15, 0.2) is 18.2 Å². The monoisotopic (exact) mass is 339 g/mol. The summed E-state index contributed by atoms with van der Waals surface area (Å²) in [5.74, 6) is -0.801. The molecule has 1 rings (SSSR count). The lowest BCUT2D eigenvalue weighted by Gasteiger charge is -2.21. The summed E-state index contributed by atoms with van der Waals surface area (Å²) < 4.78 is 15.8. The van der Waals surface area contributed by atoms with Crippen LogP contribution in [-0.4, -0.2) is 49.5 Å². The van der Waals surface area contributed by atoms with Gasteiger partial charge in [-0.3, -0.25) is 4.79 Å². The summed E-state index contributed by atoms with van der Waals surface area (Å²) in [5, 5.41) is 11.8. The van der Waals surface area contributed by atoms with Gasteiger partial charge in [0.05, 0.1) is 25.4 Å². The average Bonchev–Trinajstić information content (AvgIpc) is 2.51. The van der Waals surface area contributed by atoms with Crippen LogP contribution in [0.3, 0.4) is 0 Å². The van der Waals surface area contributed by atoms with E-state index in [1.165, 1.54) is 20.3 Å². The molecule has 1 amide bonds. The number of carbonyl (C=O) groups excluding carboxylic acids is 1. The van der Waals surface area contributed by atoms with E-state index in [4.69, 9.17) is 14.2 Å². The molecule has 0 aliphatic rings. The Balaban J connectivity index is 2.80. The summed E-state index contributed by atoms with van der Waals surface area (Å²) in [5.41, 5.74) is -0.131. The van der Waals surface area contributed by atoms with E-state index in [0.29, 0.717) is 11.5 Å². The van der Waals surface area contributed by atoms with Crippen molar-refractivity contribution in [3.63, 3.8) is 0 Å². The second-order valence-corrected chi connectivity index (χ2v) is 6.18. The highest BCUT2D eigenvalue weighted by Gasteiger charge is 2.23. The normalized spacial score (nSPS) is 12.4. The molecule has 0 bridgehead atoms. The van der Waals surface area contributed by atoms with Gasteiger partial charge in [-0.1, -0.05) is 0 Å². The van der Waals surface area contributed by atoms with Crippen LogP contribution in [0, 0.1) is 0 Å². The minimum Gasteiger partial charge on any atom is -0.497 e. The molecule has 7 heteroatoms. The Labute approximate surface area is 141 Å². The number of methoxy groups -OCH3 is 2. The fourth-order valence-corrected chi connectivity index (χ4v) is 1.96. The van der Waals surface area contributed by atoms with Gasteiger partial charge in [0.25, 0.3) is 5.91 Å². The number of amides is 1. The van der Waals surface area contributed by atoms with Crippen LogP contribution in [0.5, 0.6) is 11.5 Å². The van der Waals surface area contributed by atoms with E-state index in [2.05, 4.69) is 5.32 Å². The lowest BCUT2D eigenvalue weighted by Crippen LogP contribution is -2.42. The Morgan fingerprint density at radius 1 is 1.21 bits per heavy atom. The smallest absolute Gasteiger partial charge is 0.326 e. The van der Waals surface area contributed by atoms with Gasteiger partial charge in [-0.15, -0.1) is 0 Å². The highest BCUT2D eigenvalue weighted by atomic mass is 16.5. The van der Waals surface area contributed by atoms with E-state index in [1.807, 2.05) is 20.8 Å². The fourth-order valence-electron chi connectivity index (χ4n) is 1.96. The fraction of sp³-hybridized carbons (Fsp3) is 0.529. The minimum atomic E-state index is -1.12. The third kappa shape index (κ3) is 6.08. The Hall–Kier alpha value is -2.28. The summed E-state index contributed by atoms with van der Waals surface area (Å²) in [7, 11) is 2.93. The molecule has 1 unspecified atom stereocenters. The zero-order chi connectivity index (χ0) is 18.3. The topological polar surface area (TPSA) is 94.1 Å². The zero-order valence-electron chi connectivity index (χ0n) is 14.7. The molecule has 0 saturated carbocycles. The predicted molar refractivity (Wildman–Crippen MR) is 88.8 cm³/mol. The summed E-state index contributed by atoms with van der Waals surface area (Å²) in [6.45, 7) is 5.86. The number of hydrogen-bond acceptors (Lipinski definition) is 5. The Bertz CT molecular complexity index is 579. The number of aliphatic carboxylic acids is 1. The molecule has 1 aromatic rings. The van der Waals surface area contributed by atoms with Gasteiger partial charge in [0.2, 0.25) is 0 Å². The molecule has 2 N–H and O–H groups in total. The number of rotatable bonds is 8. The number of nitrogens with one attached hydrogen (secondary N) is 1. The highest BCUT2D eigenvalue weighted by Crippen LogP contribution is 2.24. The molecule has 0 saturated heterocycles. The van der Waals surface area contributed by atoms with Gasteiger partial charge in [-0.2, -0.15) is 0 Å². The van der Waals surface area contributed by atoms with Crippen LogP contribution in [0.25, 0.3) is 0 Å². The highest BCUT2D eigenvalue weighted by molar-refractivity contribution is 5.99. The van der Waals surface area contributed by atoms with Gasteiger partial charge >= 0.3 is 5.97 Å². The van der Waals surface area contributed by atoms with E-state index < -0.39 is 17.9 Å². The molecule has 0 spiro atoms. The molecule has 24 heavy (non-hydrogen) atoms. The second kappa shape index (κ2) is 8.54. The van der Waals surface area contributed by atoms with E-state index >= 15 is 0 Å². The van der Waals surface area contributed by atoms with Crippen LogP contribution >= 0.6 is 0 Å². The zero-order valence-corrected chi connectivity index (χ0v) is 14.7. The summed E-state index contributed by atoms with van der Waals surface area (Å²) in [6, 6.07) is 3.65. The average molecular weight is 339 g/mol. The van der Waals surface area contributed by atoms with Crippen molar-refractivity contribution in [2.24, 2.45) is 0 Å². The molecule has 7 nitrogen and oxygen atoms in total. The number of carbonyl (C=O) groups is 2. The molecular weight excluding hydrogens is 314 g/mol. The van der Waals surface area contributed by atoms with Crippen molar-refractivity contribution in [2.75, 3.05) is 20.8 Å². The van der Waals surface area contributed by atoms with Crippen LogP contribution in [0.2, 0.25) is 0 Å². The van der Waals surface area contributed by atoms with Crippen LogP contribution in [0.1, 0.15) is 37.6 Å². The van der Waals surface area contributed by atoms with Gasteiger partial charge in [-0.05, 0) is 32.9 Å². The maximum atomic E-state index is 12.4. The predicted octanol–water partition coefficient (Wildman–Crippen LogP) is 2.09. The maximum Gasteiger partial charge on any atom is 0.326 e. The van der Waals surface area contributed by atoms with Crippen molar-refractivity contribution in [2.45, 2.75) is 38.8 Å². The Morgan fingerprint density at radius 3 is 2.38 bits per heavy atom. The maximum absolute atomic E-state index is 12.4. The Kier molecular flexibility index (Phi) is 7.03. The molecule has 0 radical (unpaired) electrons. The molecule has 0 fully saturated rings. The first-order valence-electron chi connectivity index (χ1n) is 7.57.